The number of benzene rings is 2. The fourth-order valence-corrected chi connectivity index (χ4v) is 2.19. The third-order valence-corrected chi connectivity index (χ3v) is 3.31. The molecule has 24 heavy (non-hydrogen) atoms. The Morgan fingerprint density at radius 1 is 1.12 bits per heavy atom. The summed E-state index contributed by atoms with van der Waals surface area (Å²) < 4.78 is 5.47. The van der Waals surface area contributed by atoms with Gasteiger partial charge in [0.2, 0.25) is 5.91 Å². The van der Waals surface area contributed by atoms with Crippen LogP contribution < -0.4 is 21.1 Å². The van der Waals surface area contributed by atoms with Crippen molar-refractivity contribution < 1.29 is 14.3 Å². The molecule has 126 valence electrons. The number of hydrogen-bond acceptors (Lipinski definition) is 3. The lowest BCUT2D eigenvalue weighted by molar-refractivity contribution is -0.121. The molecule has 0 saturated heterocycles. The molecule has 0 unspecified atom stereocenters. The highest BCUT2D eigenvalue weighted by Crippen LogP contribution is 2.17. The highest BCUT2D eigenvalue weighted by atomic mass is 35.5. The van der Waals surface area contributed by atoms with E-state index in [0.717, 1.165) is 5.56 Å². The maximum atomic E-state index is 11.8. The molecule has 0 saturated carbocycles. The van der Waals surface area contributed by atoms with Gasteiger partial charge in [-0.2, -0.15) is 0 Å². The summed E-state index contributed by atoms with van der Waals surface area (Å²) >= 11 is 5.85. The van der Waals surface area contributed by atoms with Gasteiger partial charge in [0.15, 0.2) is 0 Å². The van der Waals surface area contributed by atoms with Crippen LogP contribution in [0.3, 0.4) is 0 Å². The summed E-state index contributed by atoms with van der Waals surface area (Å²) in [7, 11) is 0. The quantitative estimate of drug-likeness (QED) is 0.718. The number of ether oxygens (including phenoxy) is 1. The van der Waals surface area contributed by atoms with E-state index in [1.54, 1.807) is 42.5 Å². The van der Waals surface area contributed by atoms with Crippen molar-refractivity contribution in [1.29, 1.82) is 0 Å². The first kappa shape index (κ1) is 17.6. The van der Waals surface area contributed by atoms with Gasteiger partial charge >= 0.3 is 6.03 Å². The van der Waals surface area contributed by atoms with Gasteiger partial charge in [-0.1, -0.05) is 29.8 Å². The fraction of sp³-hybridized carbons (Fsp3) is 0.176. The molecule has 0 spiro atoms. The second-order valence-corrected chi connectivity index (χ2v) is 5.46. The van der Waals surface area contributed by atoms with Crippen LogP contribution in [0.15, 0.2) is 48.5 Å². The van der Waals surface area contributed by atoms with E-state index < -0.39 is 6.03 Å². The third-order valence-electron chi connectivity index (χ3n) is 3.08. The fourth-order valence-electron chi connectivity index (χ4n) is 2.01. The summed E-state index contributed by atoms with van der Waals surface area (Å²) in [6, 6.07) is 13.5. The van der Waals surface area contributed by atoms with Crippen molar-refractivity contribution in [2.75, 3.05) is 11.9 Å². The van der Waals surface area contributed by atoms with Gasteiger partial charge in [0, 0.05) is 17.3 Å². The van der Waals surface area contributed by atoms with E-state index in [0.29, 0.717) is 23.0 Å². The van der Waals surface area contributed by atoms with Gasteiger partial charge in [0.25, 0.3) is 0 Å². The van der Waals surface area contributed by atoms with Gasteiger partial charge < -0.3 is 21.1 Å². The van der Waals surface area contributed by atoms with E-state index >= 15 is 0 Å². The minimum atomic E-state index is -0.630. The molecule has 7 heteroatoms. The highest BCUT2D eigenvalue weighted by Gasteiger charge is 2.04. The molecule has 4 N–H and O–H groups in total. The molecule has 0 aliphatic rings. The van der Waals surface area contributed by atoms with Gasteiger partial charge in [0.05, 0.1) is 13.0 Å². The van der Waals surface area contributed by atoms with Gasteiger partial charge in [0.1, 0.15) is 5.75 Å². The molecule has 0 atom stereocenters. The van der Waals surface area contributed by atoms with E-state index in [1.165, 1.54) is 0 Å². The molecule has 0 heterocycles. The Balaban J connectivity index is 1.74. The number of amides is 3. The van der Waals surface area contributed by atoms with Crippen molar-refractivity contribution >= 4 is 29.2 Å². The minimum absolute atomic E-state index is 0.134. The predicted octanol–water partition coefficient (Wildman–Crippen LogP) is 2.92. The number of urea groups is 1. The third kappa shape index (κ3) is 6.18. The monoisotopic (exact) mass is 347 g/mol. The summed E-state index contributed by atoms with van der Waals surface area (Å²) in [5, 5.41) is 5.86. The van der Waals surface area contributed by atoms with Crippen LogP contribution in [0, 0.1) is 0 Å². The summed E-state index contributed by atoms with van der Waals surface area (Å²) in [4.78, 5) is 22.7. The average Bonchev–Trinajstić information content (AvgIpc) is 2.53. The molecule has 2 aromatic rings. The predicted molar refractivity (Wildman–Crippen MR) is 93.1 cm³/mol. The molecule has 0 aliphatic heterocycles. The molecule has 3 amide bonds. The zero-order valence-electron chi connectivity index (χ0n) is 12.9. The molecular formula is C17H18ClN3O3. The topological polar surface area (TPSA) is 93.5 Å². The molecule has 6 nitrogen and oxygen atoms in total. The number of nitrogens with one attached hydrogen (secondary N) is 2. The normalized spacial score (nSPS) is 10.0. The second kappa shape index (κ2) is 8.79. The van der Waals surface area contributed by atoms with E-state index in [1.807, 2.05) is 6.07 Å². The number of primary amides is 1. The number of carbonyl (C=O) groups excluding carboxylic acids is 2. The van der Waals surface area contributed by atoms with Crippen LogP contribution in [0.2, 0.25) is 5.02 Å². The number of nitrogens with two attached hydrogens (primary N) is 1. The summed E-state index contributed by atoms with van der Waals surface area (Å²) in [5.41, 5.74) is 6.50. The van der Waals surface area contributed by atoms with E-state index in [2.05, 4.69) is 10.6 Å². The molecule has 2 aromatic carbocycles. The SMILES string of the molecule is NC(=O)Nc1cccc(CNC(=O)CCOc2cccc(Cl)c2)c1. The van der Waals surface area contributed by atoms with Crippen LogP contribution >= 0.6 is 11.6 Å². The molecule has 0 aromatic heterocycles. The number of halogens is 1. The molecule has 0 fully saturated rings. The maximum absolute atomic E-state index is 11.8. The van der Waals surface area contributed by atoms with Crippen LogP contribution in [0.1, 0.15) is 12.0 Å². The number of anilines is 1. The first-order valence-electron chi connectivity index (χ1n) is 7.33. The maximum Gasteiger partial charge on any atom is 0.316 e. The van der Waals surface area contributed by atoms with Crippen molar-refractivity contribution in [3.63, 3.8) is 0 Å². The number of rotatable bonds is 7. The molecular weight excluding hydrogens is 330 g/mol. The van der Waals surface area contributed by atoms with Crippen LogP contribution in [-0.4, -0.2) is 18.5 Å². The lowest BCUT2D eigenvalue weighted by Gasteiger charge is -2.09. The smallest absolute Gasteiger partial charge is 0.316 e. The molecule has 0 radical (unpaired) electrons. The largest absolute Gasteiger partial charge is 0.493 e. The Kier molecular flexibility index (Phi) is 6.45. The lowest BCUT2D eigenvalue weighted by atomic mass is 10.2. The zero-order chi connectivity index (χ0) is 17.4. The van der Waals surface area contributed by atoms with Gasteiger partial charge in [-0.3, -0.25) is 4.79 Å². The van der Waals surface area contributed by atoms with E-state index in [9.17, 15) is 9.59 Å². The Hall–Kier alpha value is -2.73. The Bertz CT molecular complexity index is 722. The Labute approximate surface area is 144 Å². The van der Waals surface area contributed by atoms with Gasteiger partial charge in [-0.15, -0.1) is 0 Å². The summed E-state index contributed by atoms with van der Waals surface area (Å²) in [5.74, 6) is 0.491. The Morgan fingerprint density at radius 3 is 2.67 bits per heavy atom. The lowest BCUT2D eigenvalue weighted by Crippen LogP contribution is -2.24. The van der Waals surface area contributed by atoms with Crippen LogP contribution in [0.4, 0.5) is 10.5 Å². The first-order chi connectivity index (χ1) is 11.5. The highest BCUT2D eigenvalue weighted by molar-refractivity contribution is 6.30. The van der Waals surface area contributed by atoms with Crippen LogP contribution in [-0.2, 0) is 11.3 Å². The molecule has 2 rings (SSSR count). The molecule has 0 aliphatic carbocycles. The average molecular weight is 348 g/mol. The van der Waals surface area contributed by atoms with Crippen LogP contribution in [0.5, 0.6) is 5.75 Å². The number of hydrogen-bond donors (Lipinski definition) is 3. The standard InChI is InChI=1S/C17H18ClN3O3/c18-13-4-2-6-15(10-13)24-8-7-16(22)20-11-12-3-1-5-14(9-12)21-17(19)23/h1-6,9-10H,7-8,11H2,(H,20,22)(H3,19,21,23). The van der Waals surface area contributed by atoms with Crippen molar-refractivity contribution in [2.24, 2.45) is 5.73 Å². The van der Waals surface area contributed by atoms with Gasteiger partial charge in [-0.25, -0.2) is 4.79 Å². The van der Waals surface area contributed by atoms with Crippen molar-refractivity contribution in [1.82, 2.24) is 5.32 Å². The van der Waals surface area contributed by atoms with E-state index in [-0.39, 0.29) is 18.9 Å². The number of carbonyl (C=O) groups is 2. The first-order valence-corrected chi connectivity index (χ1v) is 7.71. The zero-order valence-corrected chi connectivity index (χ0v) is 13.7. The summed E-state index contributed by atoms with van der Waals surface area (Å²) in [6.45, 7) is 0.611. The molecule has 0 bridgehead atoms. The summed E-state index contributed by atoms with van der Waals surface area (Å²) in [6.07, 6.45) is 0.228. The van der Waals surface area contributed by atoms with Crippen LogP contribution in [0.25, 0.3) is 0 Å². The van der Waals surface area contributed by atoms with Gasteiger partial charge in [-0.05, 0) is 35.9 Å². The van der Waals surface area contributed by atoms with Crippen molar-refractivity contribution in [3.05, 3.63) is 59.1 Å². The second-order valence-electron chi connectivity index (χ2n) is 5.02. The van der Waals surface area contributed by atoms with Crippen molar-refractivity contribution in [3.8, 4) is 5.75 Å². The Morgan fingerprint density at radius 2 is 1.92 bits per heavy atom. The van der Waals surface area contributed by atoms with Crippen molar-refractivity contribution in [2.45, 2.75) is 13.0 Å². The van der Waals surface area contributed by atoms with E-state index in [4.69, 9.17) is 22.1 Å². The minimum Gasteiger partial charge on any atom is -0.493 e.